The molecular formula is C28H41N3O6. The normalized spacial score (nSPS) is 20.8. The smallest absolute Gasteiger partial charge is 0.433 e. The predicted octanol–water partition coefficient (Wildman–Crippen LogP) is 3.71. The zero-order valence-electron chi connectivity index (χ0n) is 23.1. The van der Waals surface area contributed by atoms with Crippen molar-refractivity contribution >= 4 is 23.8 Å². The van der Waals surface area contributed by atoms with Crippen molar-refractivity contribution in [1.29, 1.82) is 0 Å². The van der Waals surface area contributed by atoms with Gasteiger partial charge in [-0.3, -0.25) is 14.4 Å². The average Bonchev–Trinajstić information content (AvgIpc) is 3.37. The number of Topliss-reactive ketones (excluding diaryl/α,β-unsaturated/α-hetero) is 1. The summed E-state index contributed by atoms with van der Waals surface area (Å²) in [6, 6.07) is 5.48. The van der Waals surface area contributed by atoms with Crippen molar-refractivity contribution in [1.82, 2.24) is 15.3 Å². The molecule has 2 heterocycles. The molecule has 1 N–H and O–H groups in total. The number of rotatable bonds is 8. The van der Waals surface area contributed by atoms with Crippen LogP contribution in [-0.2, 0) is 24.6 Å². The van der Waals surface area contributed by atoms with Crippen LogP contribution in [-0.4, -0.2) is 71.5 Å². The topological polar surface area (TPSA) is 105 Å². The molecule has 37 heavy (non-hydrogen) atoms. The van der Waals surface area contributed by atoms with Crippen LogP contribution in [0.15, 0.2) is 24.3 Å². The molecule has 9 nitrogen and oxygen atoms in total. The number of hydrogen-bond acceptors (Lipinski definition) is 7. The number of ether oxygens (including phenoxy) is 1. The molecule has 3 unspecified atom stereocenters. The van der Waals surface area contributed by atoms with Gasteiger partial charge in [0.2, 0.25) is 5.91 Å². The van der Waals surface area contributed by atoms with E-state index in [0.29, 0.717) is 24.9 Å². The number of carbonyl (C=O) groups is 4. The Morgan fingerprint density at radius 3 is 2.27 bits per heavy atom. The number of carbonyl (C=O) groups excluding carboxylic acids is 4. The maximum Gasteiger partial charge on any atom is 0.527 e. The first kappa shape index (κ1) is 28.6. The van der Waals surface area contributed by atoms with E-state index in [0.717, 1.165) is 5.56 Å². The standard InChI is InChI=1S/C28H41N3O6/c1-17(2)14-21(29-25(33)19-8-10-20(11-9-19)28(5,6)7)26(34)30-13-12-22-24(30)23(32)15-31(22)37-27(35)36-16-18(3)4/h8-11,17-18,21-22,24H,12-16H2,1-7H3,(H,29,33). The summed E-state index contributed by atoms with van der Waals surface area (Å²) in [5.41, 5.74) is 1.56. The summed E-state index contributed by atoms with van der Waals surface area (Å²) in [7, 11) is 0. The first-order valence-corrected chi connectivity index (χ1v) is 13.1. The van der Waals surface area contributed by atoms with Crippen LogP contribution in [0.2, 0.25) is 0 Å². The predicted molar refractivity (Wildman–Crippen MR) is 139 cm³/mol. The van der Waals surface area contributed by atoms with E-state index in [2.05, 4.69) is 26.1 Å². The van der Waals surface area contributed by atoms with Crippen molar-refractivity contribution in [3.8, 4) is 0 Å². The highest BCUT2D eigenvalue weighted by Gasteiger charge is 2.52. The second kappa shape index (κ2) is 11.6. The van der Waals surface area contributed by atoms with E-state index in [-0.39, 0.29) is 48.0 Å². The molecule has 2 amide bonds. The highest BCUT2D eigenvalue weighted by molar-refractivity contribution is 5.99. The molecule has 1 aromatic carbocycles. The third-order valence-electron chi connectivity index (χ3n) is 6.71. The van der Waals surface area contributed by atoms with E-state index in [9.17, 15) is 19.2 Å². The minimum atomic E-state index is -0.852. The number of likely N-dealkylation sites (tertiary alicyclic amines) is 1. The van der Waals surface area contributed by atoms with E-state index in [1.54, 1.807) is 12.1 Å². The van der Waals surface area contributed by atoms with Crippen LogP contribution >= 0.6 is 0 Å². The van der Waals surface area contributed by atoms with Crippen LogP contribution in [0.25, 0.3) is 0 Å². The fraction of sp³-hybridized carbons (Fsp3) is 0.643. The van der Waals surface area contributed by atoms with Gasteiger partial charge in [-0.2, -0.15) is 0 Å². The minimum absolute atomic E-state index is 0.0337. The molecular weight excluding hydrogens is 474 g/mol. The molecule has 0 spiro atoms. The van der Waals surface area contributed by atoms with Crippen LogP contribution in [0.4, 0.5) is 4.79 Å². The van der Waals surface area contributed by atoms with E-state index >= 15 is 0 Å². The molecule has 0 radical (unpaired) electrons. The molecule has 204 valence electrons. The minimum Gasteiger partial charge on any atom is -0.433 e. The molecule has 2 aliphatic heterocycles. The third kappa shape index (κ3) is 7.09. The van der Waals surface area contributed by atoms with Gasteiger partial charge in [-0.05, 0) is 47.8 Å². The molecule has 0 aliphatic carbocycles. The summed E-state index contributed by atoms with van der Waals surface area (Å²) in [5, 5.41) is 4.23. The van der Waals surface area contributed by atoms with Crippen LogP contribution in [0.1, 0.15) is 77.2 Å². The zero-order chi connectivity index (χ0) is 27.5. The van der Waals surface area contributed by atoms with Crippen LogP contribution < -0.4 is 5.32 Å². The zero-order valence-corrected chi connectivity index (χ0v) is 23.1. The first-order chi connectivity index (χ1) is 17.3. The Morgan fingerprint density at radius 1 is 1.05 bits per heavy atom. The summed E-state index contributed by atoms with van der Waals surface area (Å²) >= 11 is 0. The van der Waals surface area contributed by atoms with Gasteiger partial charge < -0.3 is 19.8 Å². The van der Waals surface area contributed by atoms with Gasteiger partial charge in [0.1, 0.15) is 12.1 Å². The summed E-state index contributed by atoms with van der Waals surface area (Å²) in [6.07, 6.45) is 0.0689. The Balaban J connectivity index is 1.69. The Hall–Kier alpha value is -2.94. The Kier molecular flexibility index (Phi) is 9.00. The Morgan fingerprint density at radius 2 is 1.70 bits per heavy atom. The third-order valence-corrected chi connectivity index (χ3v) is 6.71. The Labute approximate surface area is 219 Å². The monoisotopic (exact) mass is 515 g/mol. The van der Waals surface area contributed by atoms with Gasteiger partial charge >= 0.3 is 6.16 Å². The fourth-order valence-corrected chi connectivity index (χ4v) is 4.79. The van der Waals surface area contributed by atoms with Gasteiger partial charge in [-0.15, -0.1) is 5.06 Å². The Bertz CT molecular complexity index is 998. The average molecular weight is 516 g/mol. The lowest BCUT2D eigenvalue weighted by Gasteiger charge is -2.29. The number of fused-ring (bicyclic) bond motifs is 1. The highest BCUT2D eigenvalue weighted by Crippen LogP contribution is 2.31. The molecule has 2 fully saturated rings. The van der Waals surface area contributed by atoms with Crippen LogP contribution in [0.5, 0.6) is 0 Å². The van der Waals surface area contributed by atoms with Gasteiger partial charge in [0.25, 0.3) is 5.91 Å². The lowest BCUT2D eigenvalue weighted by atomic mass is 9.86. The quantitative estimate of drug-likeness (QED) is 0.526. The van der Waals surface area contributed by atoms with Crippen molar-refractivity contribution in [2.45, 2.75) is 84.8 Å². The van der Waals surface area contributed by atoms with Crippen molar-refractivity contribution in [3.63, 3.8) is 0 Å². The van der Waals surface area contributed by atoms with Gasteiger partial charge in [0, 0.05) is 12.1 Å². The molecule has 3 rings (SSSR count). The van der Waals surface area contributed by atoms with Crippen LogP contribution in [0, 0.1) is 11.8 Å². The largest absolute Gasteiger partial charge is 0.527 e. The lowest BCUT2D eigenvalue weighted by Crippen LogP contribution is -2.52. The lowest BCUT2D eigenvalue weighted by molar-refractivity contribution is -0.142. The molecule has 2 saturated heterocycles. The molecule has 0 saturated carbocycles. The first-order valence-electron chi connectivity index (χ1n) is 13.1. The molecule has 0 aromatic heterocycles. The van der Waals surface area contributed by atoms with Gasteiger partial charge in [-0.1, -0.05) is 60.6 Å². The number of nitrogens with one attached hydrogen (secondary N) is 1. The van der Waals surface area contributed by atoms with E-state index in [1.165, 1.54) is 9.96 Å². The van der Waals surface area contributed by atoms with E-state index in [4.69, 9.17) is 9.57 Å². The number of amides is 2. The number of benzene rings is 1. The maximum absolute atomic E-state index is 13.6. The van der Waals surface area contributed by atoms with Crippen molar-refractivity contribution in [3.05, 3.63) is 35.4 Å². The molecule has 9 heteroatoms. The molecule has 2 aliphatic rings. The van der Waals surface area contributed by atoms with Gasteiger partial charge in [0.15, 0.2) is 5.78 Å². The van der Waals surface area contributed by atoms with Crippen molar-refractivity contribution < 1.29 is 28.8 Å². The molecule has 1 aromatic rings. The van der Waals surface area contributed by atoms with Crippen LogP contribution in [0.3, 0.4) is 0 Å². The SMILES string of the molecule is CC(C)COC(=O)ON1CC(=O)C2C1CCN2C(=O)C(CC(C)C)NC(=O)c1ccc(C(C)(C)C)cc1. The second-order valence-electron chi connectivity index (χ2n) is 11.9. The van der Waals surface area contributed by atoms with E-state index < -0.39 is 24.3 Å². The number of nitrogens with zero attached hydrogens (tertiary/aromatic N) is 2. The maximum atomic E-state index is 13.6. The van der Waals surface area contributed by atoms with E-state index in [1.807, 2.05) is 39.8 Å². The van der Waals surface area contributed by atoms with Crippen molar-refractivity contribution in [2.24, 2.45) is 11.8 Å². The van der Waals surface area contributed by atoms with Gasteiger partial charge in [-0.25, -0.2) is 4.79 Å². The van der Waals surface area contributed by atoms with Gasteiger partial charge in [0.05, 0.1) is 19.2 Å². The highest BCUT2D eigenvalue weighted by atomic mass is 16.8. The summed E-state index contributed by atoms with van der Waals surface area (Å²) in [5.74, 6) is -0.514. The number of hydroxylamine groups is 2. The summed E-state index contributed by atoms with van der Waals surface area (Å²) in [6.45, 7) is 14.6. The fourth-order valence-electron chi connectivity index (χ4n) is 4.79. The summed E-state index contributed by atoms with van der Waals surface area (Å²) in [4.78, 5) is 58.5. The van der Waals surface area contributed by atoms with Crippen molar-refractivity contribution in [2.75, 3.05) is 19.7 Å². The number of hydrogen-bond donors (Lipinski definition) is 1. The molecule has 0 bridgehead atoms. The summed E-state index contributed by atoms with van der Waals surface area (Å²) < 4.78 is 5.07. The number of ketones is 1. The second-order valence-corrected chi connectivity index (χ2v) is 11.9. The molecule has 3 atom stereocenters.